The Bertz CT molecular complexity index is 1520. The van der Waals surface area contributed by atoms with Crippen LogP contribution in [0.15, 0.2) is 72.8 Å². The number of halogens is 4. The second-order valence-corrected chi connectivity index (χ2v) is 7.24. The van der Waals surface area contributed by atoms with Crippen molar-refractivity contribution in [2.24, 2.45) is 10.2 Å². The second-order valence-electron chi connectivity index (χ2n) is 7.24. The van der Waals surface area contributed by atoms with Crippen molar-refractivity contribution in [2.75, 3.05) is 6.54 Å². The van der Waals surface area contributed by atoms with Crippen LogP contribution in [0.25, 0.3) is 28.0 Å². The largest absolute Gasteiger partial charge is 0.485 e. The molecule has 0 amide bonds. The van der Waals surface area contributed by atoms with Gasteiger partial charge in [0.2, 0.25) is 5.82 Å². The fraction of sp³-hybridized carbons (Fsp3) is 0.136. The maximum Gasteiger partial charge on any atom is 0.416 e. The number of azo groups is 1. The molecule has 0 radical (unpaired) electrons. The van der Waals surface area contributed by atoms with E-state index in [4.69, 9.17) is 13.7 Å². The van der Waals surface area contributed by atoms with Gasteiger partial charge in [-0.25, -0.2) is 4.39 Å². The highest BCUT2D eigenvalue weighted by Crippen LogP contribution is 2.33. The molecule has 0 saturated carbocycles. The van der Waals surface area contributed by atoms with E-state index < -0.39 is 17.6 Å². The molecule has 4 aromatic rings. The Morgan fingerprint density at radius 1 is 1.12 bits per heavy atom. The Morgan fingerprint density at radius 3 is 2.74 bits per heavy atom. The lowest BCUT2D eigenvalue weighted by molar-refractivity contribution is -0.137. The zero-order valence-corrected chi connectivity index (χ0v) is 17.0. The zero-order valence-electron chi connectivity index (χ0n) is 17.0. The monoisotopic (exact) mass is 472 g/mol. The molecular weight excluding hydrogens is 460 g/mol. The summed E-state index contributed by atoms with van der Waals surface area (Å²) in [6.45, 7) is 0.103. The fourth-order valence-electron chi connectivity index (χ4n) is 3.30. The maximum atomic E-state index is 13.6. The molecule has 0 aliphatic carbocycles. The highest BCUT2D eigenvalue weighted by Gasteiger charge is 2.32. The number of hydrogen-bond acceptors (Lipinski definition) is 8. The van der Waals surface area contributed by atoms with Crippen LogP contribution in [0.4, 0.5) is 17.6 Å². The first kappa shape index (κ1) is 21.5. The summed E-state index contributed by atoms with van der Waals surface area (Å²) in [6, 6.07) is 6.53. The Labute approximate surface area is 187 Å². The predicted octanol–water partition coefficient (Wildman–Crippen LogP) is 5.39. The minimum Gasteiger partial charge on any atom is -0.485 e. The summed E-state index contributed by atoms with van der Waals surface area (Å²) in [5.41, 5.74) is -0.310. The van der Waals surface area contributed by atoms with Crippen LogP contribution in [0.1, 0.15) is 17.0 Å². The van der Waals surface area contributed by atoms with Gasteiger partial charge in [0.15, 0.2) is 12.0 Å². The van der Waals surface area contributed by atoms with Crippen molar-refractivity contribution < 1.29 is 31.2 Å². The van der Waals surface area contributed by atoms with Gasteiger partial charge < -0.3 is 13.7 Å². The van der Waals surface area contributed by atoms with Crippen molar-refractivity contribution in [2.45, 2.75) is 12.8 Å². The summed E-state index contributed by atoms with van der Waals surface area (Å²) in [7, 11) is 0. The van der Waals surface area contributed by atoms with Crippen molar-refractivity contribution >= 4 is 16.5 Å². The molecule has 0 spiro atoms. The van der Waals surface area contributed by atoms with Crippen molar-refractivity contribution in [3.8, 4) is 17.2 Å². The van der Waals surface area contributed by atoms with Gasteiger partial charge in [0.1, 0.15) is 23.4 Å². The average molecular weight is 472 g/mol. The van der Waals surface area contributed by atoms with Gasteiger partial charge >= 0.3 is 6.18 Å². The maximum absolute atomic E-state index is 13.6. The number of rotatable bonds is 5. The van der Waals surface area contributed by atoms with Crippen molar-refractivity contribution in [1.29, 1.82) is 0 Å². The van der Waals surface area contributed by atoms with Crippen molar-refractivity contribution in [3.05, 3.63) is 81.9 Å². The van der Waals surface area contributed by atoms with Gasteiger partial charge in [-0.3, -0.25) is 4.79 Å². The van der Waals surface area contributed by atoms with E-state index in [9.17, 15) is 22.4 Å². The minimum absolute atomic E-state index is 0.0189. The topological polar surface area (TPSA) is 103 Å². The normalized spacial score (nSPS) is 13.5. The van der Waals surface area contributed by atoms with Gasteiger partial charge in [0.25, 0.3) is 5.89 Å². The van der Waals surface area contributed by atoms with Gasteiger partial charge in [-0.05, 0) is 30.3 Å². The molecule has 8 nitrogen and oxygen atoms in total. The molecular formula is C22H12F4N4O4. The van der Waals surface area contributed by atoms with Crippen LogP contribution in [0.2, 0.25) is 0 Å². The van der Waals surface area contributed by atoms with Gasteiger partial charge in [-0.15, -0.1) is 0 Å². The van der Waals surface area contributed by atoms with E-state index in [-0.39, 0.29) is 34.9 Å². The van der Waals surface area contributed by atoms with E-state index in [0.717, 1.165) is 6.07 Å². The molecule has 0 fully saturated rings. The lowest BCUT2D eigenvalue weighted by Gasteiger charge is -2.07. The van der Waals surface area contributed by atoms with Crippen LogP contribution >= 0.6 is 0 Å². The van der Waals surface area contributed by atoms with Crippen LogP contribution in [0.5, 0.6) is 5.75 Å². The first-order chi connectivity index (χ1) is 16.3. The molecule has 0 atom stereocenters. The second kappa shape index (κ2) is 8.21. The Kier molecular flexibility index (Phi) is 5.19. The Hall–Kier alpha value is -4.35. The molecule has 3 heterocycles. The molecule has 12 heteroatoms. The number of benzene rings is 2. The smallest absolute Gasteiger partial charge is 0.416 e. The molecule has 172 valence electrons. The summed E-state index contributed by atoms with van der Waals surface area (Å²) in [4.78, 5) is 16.7. The van der Waals surface area contributed by atoms with E-state index in [1.807, 2.05) is 0 Å². The first-order valence-electron chi connectivity index (χ1n) is 9.73. The summed E-state index contributed by atoms with van der Waals surface area (Å²) < 4.78 is 68.5. The fourth-order valence-corrected chi connectivity index (χ4v) is 3.30. The highest BCUT2D eigenvalue weighted by molar-refractivity contribution is 5.82. The summed E-state index contributed by atoms with van der Waals surface area (Å²) >= 11 is 0. The third-order valence-electron chi connectivity index (χ3n) is 4.94. The van der Waals surface area contributed by atoms with Gasteiger partial charge in [-0.1, -0.05) is 5.16 Å². The lowest BCUT2D eigenvalue weighted by atomic mass is 10.1. The van der Waals surface area contributed by atoms with Crippen molar-refractivity contribution in [1.82, 2.24) is 10.1 Å². The van der Waals surface area contributed by atoms with E-state index in [1.165, 1.54) is 24.6 Å². The summed E-state index contributed by atoms with van der Waals surface area (Å²) in [5, 5.41) is 11.5. The molecule has 2 aromatic carbocycles. The third kappa shape index (κ3) is 4.17. The average Bonchev–Trinajstić information content (AvgIpc) is 3.49. The molecule has 5 rings (SSSR count). The van der Waals surface area contributed by atoms with Gasteiger partial charge in [-0.2, -0.15) is 28.4 Å². The Balaban J connectivity index is 1.33. The standard InChI is InChI=1S/C22H12F4N4O4/c23-14-4-11(3-13(5-14)22(24,25)26)21-29-19(30-34-21)10-32-15-1-2-16-18(6-15)33-9-17(20(16)31)12-7-27-28-8-12/h1-7,9H,8,10H2. The number of alkyl halides is 3. The zero-order chi connectivity index (χ0) is 23.9. The van der Waals surface area contributed by atoms with Crippen LogP contribution in [-0.2, 0) is 12.8 Å². The first-order valence-corrected chi connectivity index (χ1v) is 9.73. The SMILES string of the molecule is O=c1c(C2=CN=NC2)coc2cc(OCc3noc(-c4cc(F)cc(C(F)(F)F)c4)n3)ccc12. The number of aromatic nitrogens is 2. The van der Waals surface area contributed by atoms with E-state index in [2.05, 4.69) is 20.4 Å². The third-order valence-corrected chi connectivity index (χ3v) is 4.94. The molecule has 1 aliphatic heterocycles. The highest BCUT2D eigenvalue weighted by atomic mass is 19.4. The number of fused-ring (bicyclic) bond motifs is 1. The molecule has 0 bridgehead atoms. The molecule has 2 aromatic heterocycles. The minimum atomic E-state index is -4.73. The number of nitrogens with zero attached hydrogens (tertiary/aromatic N) is 4. The van der Waals surface area contributed by atoms with E-state index >= 15 is 0 Å². The molecule has 34 heavy (non-hydrogen) atoms. The van der Waals surface area contributed by atoms with Gasteiger partial charge in [0, 0.05) is 17.2 Å². The molecule has 0 N–H and O–H groups in total. The number of ether oxygens (including phenoxy) is 1. The van der Waals surface area contributed by atoms with Crippen LogP contribution in [0, 0.1) is 5.82 Å². The summed E-state index contributed by atoms with van der Waals surface area (Å²) in [6.07, 6.45) is -1.90. The lowest BCUT2D eigenvalue weighted by Crippen LogP contribution is -2.08. The number of hydrogen-bond donors (Lipinski definition) is 0. The molecule has 1 aliphatic rings. The van der Waals surface area contributed by atoms with Crippen LogP contribution in [-0.4, -0.2) is 16.7 Å². The van der Waals surface area contributed by atoms with Crippen LogP contribution < -0.4 is 10.2 Å². The summed E-state index contributed by atoms with van der Waals surface area (Å²) in [5.74, 6) is -1.04. The van der Waals surface area contributed by atoms with Crippen LogP contribution in [0.3, 0.4) is 0 Å². The molecule has 0 saturated heterocycles. The van der Waals surface area contributed by atoms with E-state index in [1.54, 1.807) is 6.07 Å². The van der Waals surface area contributed by atoms with Gasteiger partial charge in [0.05, 0.1) is 29.3 Å². The Morgan fingerprint density at radius 2 is 1.97 bits per heavy atom. The predicted molar refractivity (Wildman–Crippen MR) is 109 cm³/mol. The van der Waals surface area contributed by atoms with E-state index in [0.29, 0.717) is 40.9 Å². The molecule has 0 unspecified atom stereocenters. The van der Waals surface area contributed by atoms with Crippen molar-refractivity contribution in [3.63, 3.8) is 0 Å². The quantitative estimate of drug-likeness (QED) is 0.361.